The van der Waals surface area contributed by atoms with Crippen LogP contribution in [0.15, 0.2) is 72.9 Å². The molecule has 67 heavy (non-hydrogen) atoms. The average molecular weight is 939 g/mol. The third-order valence-electron chi connectivity index (χ3n) is 12.9. The summed E-state index contributed by atoms with van der Waals surface area (Å²) in [5.74, 6) is -0.862. The standard InChI is InChI=1S/C50H64ClN9O7/c1-30(31-12-14-32(15-13-31)39-27-54-59-58-39)55-44(64)40-24-36(61)28-60(40)45(65)42(48(2,3)4)56-41(62)29-66-23-11-9-10-22-53-35-19-16-33(17-20-35)43(63)57-46-49(5,6)47(50(46,7)8)67-37-21-18-34(26-52)38(51)25-37/h12-21,25,27,30,36,40,42,46-47,53,61H,9-11,22-24,28-29H2,1-8H3,(H,55,64)(H,56,62)(H,57,63)(H,54,58,59)/t30-,36+,40-,42+,46-,47-/m0/s1. The molecule has 4 amide bonds. The van der Waals surface area contributed by atoms with Crippen molar-refractivity contribution in [2.45, 2.75) is 117 Å². The van der Waals surface area contributed by atoms with Crippen LogP contribution in [0.1, 0.15) is 109 Å². The minimum Gasteiger partial charge on any atom is -0.489 e. The van der Waals surface area contributed by atoms with E-state index in [2.05, 4.69) is 70.4 Å². The normalized spacial score (nSPS) is 20.4. The van der Waals surface area contributed by atoms with E-state index >= 15 is 0 Å². The maximum atomic E-state index is 14.0. The largest absolute Gasteiger partial charge is 0.489 e. The molecule has 3 aromatic carbocycles. The van der Waals surface area contributed by atoms with E-state index in [4.69, 9.17) is 21.1 Å². The smallest absolute Gasteiger partial charge is 0.251 e. The molecule has 2 aliphatic rings. The fourth-order valence-corrected chi connectivity index (χ4v) is 9.67. The van der Waals surface area contributed by atoms with Crippen LogP contribution in [0.2, 0.25) is 5.02 Å². The maximum Gasteiger partial charge on any atom is 0.251 e. The number of aromatic nitrogens is 3. The molecule has 1 aliphatic carbocycles. The second-order valence-electron chi connectivity index (χ2n) is 19.9. The minimum absolute atomic E-state index is 0.0239. The Bertz CT molecular complexity index is 2380. The number of rotatable bonds is 19. The molecule has 2 heterocycles. The SMILES string of the molecule is C[C@H](NC(=O)[C@@H]1C[C@@H](O)CN1C(=O)[C@@H](NC(=O)COCCCCCNc1ccc(C(=O)N[C@H]2C(C)(C)[C@H](Oc3ccc(C#N)c(Cl)c3)C2(C)C)cc1)C(C)(C)C)c1ccc(-c2c[nH]nn2)cc1. The van der Waals surface area contributed by atoms with Crippen LogP contribution in [0.5, 0.6) is 5.75 Å². The third kappa shape index (κ3) is 12.1. The quantitative estimate of drug-likeness (QED) is 0.0551. The van der Waals surface area contributed by atoms with Crippen molar-refractivity contribution in [3.8, 4) is 23.1 Å². The molecule has 0 radical (unpaired) electrons. The van der Waals surface area contributed by atoms with Crippen LogP contribution < -0.4 is 26.0 Å². The lowest BCUT2D eigenvalue weighted by molar-refractivity contribution is -0.164. The summed E-state index contributed by atoms with van der Waals surface area (Å²) in [6.45, 7) is 16.4. The van der Waals surface area contributed by atoms with Gasteiger partial charge in [-0.25, -0.2) is 0 Å². The number of halogens is 1. The molecule has 17 heteroatoms. The summed E-state index contributed by atoms with van der Waals surface area (Å²) in [6, 6.07) is 19.6. The van der Waals surface area contributed by atoms with E-state index in [0.717, 1.165) is 36.1 Å². The molecule has 4 aromatic rings. The molecule has 0 unspecified atom stereocenters. The van der Waals surface area contributed by atoms with Crippen LogP contribution in [0.4, 0.5) is 5.69 Å². The van der Waals surface area contributed by atoms with Gasteiger partial charge in [0.05, 0.1) is 22.7 Å². The van der Waals surface area contributed by atoms with Crippen LogP contribution >= 0.6 is 11.6 Å². The zero-order valence-electron chi connectivity index (χ0n) is 39.6. The zero-order chi connectivity index (χ0) is 48.7. The fourth-order valence-electron chi connectivity index (χ4n) is 9.45. The molecule has 2 fully saturated rings. The molecule has 1 aliphatic heterocycles. The van der Waals surface area contributed by atoms with Gasteiger partial charge in [0.1, 0.15) is 42.3 Å². The molecule has 6 N–H and O–H groups in total. The van der Waals surface area contributed by atoms with Crippen molar-refractivity contribution in [1.82, 2.24) is 36.3 Å². The fraction of sp³-hybridized carbons (Fsp3) is 0.500. The molecule has 0 spiro atoms. The Morgan fingerprint density at radius 1 is 0.985 bits per heavy atom. The number of carbonyl (C=O) groups excluding carboxylic acids is 4. The van der Waals surface area contributed by atoms with Crippen LogP contribution in [0.3, 0.4) is 0 Å². The highest BCUT2D eigenvalue weighted by Crippen LogP contribution is 2.55. The summed E-state index contributed by atoms with van der Waals surface area (Å²) in [5, 5.41) is 43.0. The number of aliphatic hydroxyl groups excluding tert-OH is 1. The predicted molar refractivity (Wildman–Crippen MR) is 255 cm³/mol. The number of H-pyrrole nitrogens is 1. The van der Waals surface area contributed by atoms with Gasteiger partial charge in [-0.1, -0.05) is 89.5 Å². The average Bonchev–Trinajstić information content (AvgIpc) is 3.98. The molecule has 1 saturated heterocycles. The van der Waals surface area contributed by atoms with Crippen LogP contribution in [0, 0.1) is 27.6 Å². The number of aliphatic hydroxyl groups is 1. The van der Waals surface area contributed by atoms with Gasteiger partial charge in [-0.15, -0.1) is 5.10 Å². The molecule has 0 bridgehead atoms. The molecule has 1 saturated carbocycles. The number of nitrogens with one attached hydrogen (secondary N) is 5. The van der Waals surface area contributed by atoms with Gasteiger partial charge in [0.15, 0.2) is 0 Å². The molecule has 4 atom stereocenters. The van der Waals surface area contributed by atoms with E-state index < -0.39 is 35.4 Å². The highest BCUT2D eigenvalue weighted by atomic mass is 35.5. The van der Waals surface area contributed by atoms with Crippen molar-refractivity contribution >= 4 is 40.9 Å². The lowest BCUT2D eigenvalue weighted by Crippen LogP contribution is -2.74. The topological polar surface area (TPSA) is 224 Å². The Morgan fingerprint density at radius 2 is 1.69 bits per heavy atom. The van der Waals surface area contributed by atoms with E-state index in [1.165, 1.54) is 4.90 Å². The van der Waals surface area contributed by atoms with Gasteiger partial charge in [0.25, 0.3) is 5.91 Å². The van der Waals surface area contributed by atoms with Gasteiger partial charge in [-0.3, -0.25) is 24.3 Å². The second-order valence-corrected chi connectivity index (χ2v) is 20.3. The molecule has 1 aromatic heterocycles. The van der Waals surface area contributed by atoms with Gasteiger partial charge in [0, 0.05) is 72.1 Å². The summed E-state index contributed by atoms with van der Waals surface area (Å²) >= 11 is 6.24. The Labute approximate surface area is 397 Å². The molecular formula is C50H64ClN9O7. The first-order chi connectivity index (χ1) is 31.7. The molecule has 358 valence electrons. The number of nitriles is 1. The first-order valence-electron chi connectivity index (χ1n) is 22.8. The summed E-state index contributed by atoms with van der Waals surface area (Å²) in [7, 11) is 0. The second kappa shape index (κ2) is 21.3. The Balaban J connectivity index is 0.884. The summed E-state index contributed by atoms with van der Waals surface area (Å²) < 4.78 is 12.0. The Hall–Kier alpha value is -6.02. The van der Waals surface area contributed by atoms with E-state index in [1.54, 1.807) is 36.5 Å². The number of carbonyl (C=O) groups is 4. The van der Waals surface area contributed by atoms with Gasteiger partial charge in [0.2, 0.25) is 17.7 Å². The number of ether oxygens (including phenoxy) is 2. The predicted octanol–water partition coefficient (Wildman–Crippen LogP) is 6.58. The van der Waals surface area contributed by atoms with E-state index in [-0.39, 0.29) is 60.4 Å². The summed E-state index contributed by atoms with van der Waals surface area (Å²) in [4.78, 5) is 55.4. The first-order valence-corrected chi connectivity index (χ1v) is 23.2. The highest BCUT2D eigenvalue weighted by Gasteiger charge is 2.64. The monoisotopic (exact) mass is 937 g/mol. The number of anilines is 1. The van der Waals surface area contributed by atoms with Crippen LogP contribution in [0.25, 0.3) is 11.3 Å². The maximum absolute atomic E-state index is 14.0. The summed E-state index contributed by atoms with van der Waals surface area (Å²) in [5.41, 5.74) is 2.80. The van der Waals surface area contributed by atoms with Gasteiger partial charge >= 0.3 is 0 Å². The number of unbranched alkanes of at least 4 members (excludes halogenated alkanes) is 2. The van der Waals surface area contributed by atoms with Crippen molar-refractivity contribution in [1.29, 1.82) is 5.26 Å². The number of likely N-dealkylation sites (tertiary alicyclic amines) is 1. The number of hydrogen-bond acceptors (Lipinski definition) is 11. The van der Waals surface area contributed by atoms with Gasteiger partial charge in [-0.05, 0) is 73.6 Å². The molecule has 6 rings (SSSR count). The van der Waals surface area contributed by atoms with Crippen molar-refractivity contribution in [2.75, 3.05) is 31.6 Å². The van der Waals surface area contributed by atoms with Crippen molar-refractivity contribution in [3.05, 3.63) is 94.6 Å². The van der Waals surface area contributed by atoms with E-state index in [0.29, 0.717) is 40.7 Å². The van der Waals surface area contributed by atoms with Crippen molar-refractivity contribution < 1.29 is 33.8 Å². The van der Waals surface area contributed by atoms with E-state index in [1.807, 2.05) is 64.1 Å². The number of benzene rings is 3. The Morgan fingerprint density at radius 3 is 2.31 bits per heavy atom. The molecular weight excluding hydrogens is 874 g/mol. The highest BCUT2D eigenvalue weighted by molar-refractivity contribution is 6.31. The van der Waals surface area contributed by atoms with Crippen LogP contribution in [-0.4, -0.2) is 106 Å². The lowest BCUT2D eigenvalue weighted by atomic mass is 9.49. The minimum atomic E-state index is -0.960. The Kier molecular flexibility index (Phi) is 16.0. The van der Waals surface area contributed by atoms with Crippen molar-refractivity contribution in [2.24, 2.45) is 16.2 Å². The van der Waals surface area contributed by atoms with Crippen molar-refractivity contribution in [3.63, 3.8) is 0 Å². The zero-order valence-corrected chi connectivity index (χ0v) is 40.4. The number of hydrogen-bond donors (Lipinski definition) is 6. The first kappa shape index (κ1) is 50.4. The third-order valence-corrected chi connectivity index (χ3v) is 13.2. The number of aromatic amines is 1. The number of amides is 4. The summed E-state index contributed by atoms with van der Waals surface area (Å²) in [6.07, 6.45) is 3.12. The number of β-amino-alcohol motifs (C(OH)–C–C–N with tert-alkyl or cyclic N) is 1. The lowest BCUT2D eigenvalue weighted by Gasteiger charge is -2.63. The van der Waals surface area contributed by atoms with Gasteiger partial charge < -0.3 is 40.7 Å². The van der Waals surface area contributed by atoms with Crippen LogP contribution in [-0.2, 0) is 19.1 Å². The van der Waals surface area contributed by atoms with E-state index in [9.17, 15) is 29.5 Å². The molecule has 16 nitrogen and oxygen atoms in total. The van der Waals surface area contributed by atoms with Gasteiger partial charge in [-0.2, -0.15) is 5.26 Å². The number of nitrogens with zero attached hydrogens (tertiary/aromatic N) is 4.